The lowest BCUT2D eigenvalue weighted by molar-refractivity contribution is -0.115. The first-order valence-electron chi connectivity index (χ1n) is 4.47. The molecule has 0 spiro atoms. The minimum absolute atomic E-state index is 0.176. The number of carbonyl (C=O) groups excluding carboxylic acids is 1. The molecule has 1 N–H and O–H groups in total. The summed E-state index contributed by atoms with van der Waals surface area (Å²) < 4.78 is 0. The van der Waals surface area contributed by atoms with Crippen LogP contribution < -0.4 is 0 Å². The molecule has 0 radical (unpaired) electrons. The third-order valence-electron chi connectivity index (χ3n) is 1.99. The largest absolute Gasteiger partial charge is 0.295 e. The molecule has 0 amide bonds. The van der Waals surface area contributed by atoms with Gasteiger partial charge in [0.05, 0.1) is 0 Å². The van der Waals surface area contributed by atoms with Crippen molar-refractivity contribution in [2.45, 2.75) is 19.3 Å². The zero-order chi connectivity index (χ0) is 9.80. The van der Waals surface area contributed by atoms with Gasteiger partial charge in [-0.1, -0.05) is 0 Å². The first-order valence-corrected chi connectivity index (χ1v) is 4.47. The summed E-state index contributed by atoms with van der Waals surface area (Å²) in [5, 5.41) is 6.28. The lowest BCUT2D eigenvalue weighted by atomic mass is 10.00. The molecule has 5 heteroatoms. The van der Waals surface area contributed by atoms with E-state index < -0.39 is 0 Å². The van der Waals surface area contributed by atoms with Crippen LogP contribution in [0.5, 0.6) is 0 Å². The Balaban J connectivity index is 2.07. The summed E-state index contributed by atoms with van der Waals surface area (Å²) in [5.41, 5.74) is 0.956. The smallest absolute Gasteiger partial charge is 0.245 e. The molecule has 5 nitrogen and oxygen atoms in total. The molecule has 1 aromatic rings. The summed E-state index contributed by atoms with van der Waals surface area (Å²) in [6, 6.07) is 0. The van der Waals surface area contributed by atoms with Crippen LogP contribution in [-0.4, -0.2) is 27.2 Å². The highest BCUT2D eigenvalue weighted by atomic mass is 16.1. The summed E-state index contributed by atoms with van der Waals surface area (Å²) in [6.07, 6.45) is 7.17. The van der Waals surface area contributed by atoms with Gasteiger partial charge >= 0.3 is 0 Å². The topological polar surface area (TPSA) is 71.0 Å². The van der Waals surface area contributed by atoms with Crippen molar-refractivity contribution in [1.82, 2.24) is 15.2 Å². The standard InChI is InChI=1S/C9H10N4O/c14-8-3-1-2-7(4-8)5-10-9-11-6-12-13-9/h4-6H,1-3H2,(H,11,12,13). The van der Waals surface area contributed by atoms with Crippen molar-refractivity contribution in [2.24, 2.45) is 4.99 Å². The van der Waals surface area contributed by atoms with E-state index in [1.165, 1.54) is 6.33 Å². The second kappa shape index (κ2) is 3.95. The van der Waals surface area contributed by atoms with Gasteiger partial charge in [0.15, 0.2) is 5.78 Å². The molecule has 0 aliphatic heterocycles. The van der Waals surface area contributed by atoms with Crippen LogP contribution in [-0.2, 0) is 4.79 Å². The number of hydrogen-bond donors (Lipinski definition) is 1. The summed E-state index contributed by atoms with van der Waals surface area (Å²) in [4.78, 5) is 19.0. The summed E-state index contributed by atoms with van der Waals surface area (Å²) in [5.74, 6) is 0.638. The van der Waals surface area contributed by atoms with Crippen LogP contribution in [0.1, 0.15) is 19.3 Å². The molecule has 1 aliphatic carbocycles. The Bertz CT molecular complexity index is 378. The lowest BCUT2D eigenvalue weighted by Gasteiger charge is -2.05. The Morgan fingerprint density at radius 2 is 2.43 bits per heavy atom. The molecule has 0 saturated heterocycles. The van der Waals surface area contributed by atoms with Gasteiger partial charge in [-0.05, 0) is 24.5 Å². The van der Waals surface area contributed by atoms with Gasteiger partial charge in [-0.2, -0.15) is 10.1 Å². The van der Waals surface area contributed by atoms with Gasteiger partial charge in [-0.3, -0.25) is 4.79 Å². The Hall–Kier alpha value is -1.78. The molecule has 0 bridgehead atoms. The summed E-state index contributed by atoms with van der Waals surface area (Å²) >= 11 is 0. The maximum atomic E-state index is 11.1. The monoisotopic (exact) mass is 190 g/mol. The number of rotatable bonds is 2. The van der Waals surface area contributed by atoms with E-state index in [2.05, 4.69) is 20.2 Å². The van der Waals surface area contributed by atoms with Crippen LogP contribution in [0.15, 0.2) is 23.0 Å². The molecular weight excluding hydrogens is 180 g/mol. The zero-order valence-electron chi connectivity index (χ0n) is 7.60. The van der Waals surface area contributed by atoms with Crippen LogP contribution >= 0.6 is 0 Å². The Morgan fingerprint density at radius 1 is 1.50 bits per heavy atom. The van der Waals surface area contributed by atoms with Gasteiger partial charge in [0.1, 0.15) is 6.33 Å². The van der Waals surface area contributed by atoms with Crippen LogP contribution in [0.25, 0.3) is 0 Å². The number of nitrogens with one attached hydrogen (secondary N) is 1. The summed E-state index contributed by atoms with van der Waals surface area (Å²) in [7, 11) is 0. The predicted octanol–water partition coefficient (Wildman–Crippen LogP) is 1.19. The van der Waals surface area contributed by atoms with E-state index >= 15 is 0 Å². The predicted molar refractivity (Wildman–Crippen MR) is 51.5 cm³/mol. The molecule has 1 aromatic heterocycles. The molecule has 0 atom stereocenters. The van der Waals surface area contributed by atoms with Gasteiger partial charge < -0.3 is 0 Å². The summed E-state index contributed by atoms with van der Waals surface area (Å²) in [6.45, 7) is 0. The third kappa shape index (κ3) is 2.12. The molecule has 14 heavy (non-hydrogen) atoms. The van der Waals surface area contributed by atoms with Crippen LogP contribution in [0.4, 0.5) is 5.95 Å². The highest BCUT2D eigenvalue weighted by Gasteiger charge is 2.07. The average Bonchev–Trinajstić information content (AvgIpc) is 2.67. The van der Waals surface area contributed by atoms with Crippen molar-refractivity contribution < 1.29 is 4.79 Å². The second-order valence-electron chi connectivity index (χ2n) is 3.11. The minimum atomic E-state index is 0.176. The van der Waals surface area contributed by atoms with Gasteiger partial charge in [0.2, 0.25) is 5.95 Å². The fraction of sp³-hybridized carbons (Fsp3) is 0.333. The van der Waals surface area contributed by atoms with Crippen molar-refractivity contribution >= 4 is 17.9 Å². The number of ketones is 1. The first-order chi connectivity index (χ1) is 6.84. The van der Waals surface area contributed by atoms with Gasteiger partial charge in [-0.15, -0.1) is 0 Å². The number of H-pyrrole nitrogens is 1. The van der Waals surface area contributed by atoms with Crippen LogP contribution in [0.2, 0.25) is 0 Å². The maximum absolute atomic E-state index is 11.1. The quantitative estimate of drug-likeness (QED) is 0.712. The number of nitrogens with zero attached hydrogens (tertiary/aromatic N) is 3. The number of aromatic amines is 1. The third-order valence-corrected chi connectivity index (χ3v) is 1.99. The van der Waals surface area contributed by atoms with Gasteiger partial charge in [0, 0.05) is 12.6 Å². The minimum Gasteiger partial charge on any atom is -0.295 e. The molecule has 1 heterocycles. The Kier molecular flexibility index (Phi) is 2.48. The molecule has 72 valence electrons. The van der Waals surface area contributed by atoms with E-state index in [9.17, 15) is 4.79 Å². The number of hydrogen-bond acceptors (Lipinski definition) is 4. The van der Waals surface area contributed by atoms with Crippen molar-refractivity contribution in [3.05, 3.63) is 18.0 Å². The number of carbonyl (C=O) groups is 1. The van der Waals surface area contributed by atoms with E-state index in [1.807, 2.05) is 0 Å². The van der Waals surface area contributed by atoms with E-state index in [4.69, 9.17) is 0 Å². The molecule has 1 aliphatic rings. The normalized spacial score (nSPS) is 17.4. The molecular formula is C9H10N4O. The number of aromatic nitrogens is 3. The van der Waals surface area contributed by atoms with E-state index in [1.54, 1.807) is 12.3 Å². The second-order valence-corrected chi connectivity index (χ2v) is 3.11. The maximum Gasteiger partial charge on any atom is 0.245 e. The van der Waals surface area contributed by atoms with E-state index in [0.29, 0.717) is 12.4 Å². The number of allylic oxidation sites excluding steroid dienone is 2. The van der Waals surface area contributed by atoms with Gasteiger partial charge in [0.25, 0.3) is 0 Å². The SMILES string of the molecule is O=C1C=C(C=Nc2ncn[nH]2)CCC1. The van der Waals surface area contributed by atoms with E-state index in [0.717, 1.165) is 18.4 Å². The fourth-order valence-corrected chi connectivity index (χ4v) is 1.32. The molecule has 0 aromatic carbocycles. The molecule has 0 fully saturated rings. The fourth-order valence-electron chi connectivity index (χ4n) is 1.32. The average molecular weight is 190 g/mol. The van der Waals surface area contributed by atoms with Crippen molar-refractivity contribution in [1.29, 1.82) is 0 Å². The molecule has 2 rings (SSSR count). The van der Waals surface area contributed by atoms with Crippen LogP contribution in [0.3, 0.4) is 0 Å². The van der Waals surface area contributed by atoms with Crippen molar-refractivity contribution in [2.75, 3.05) is 0 Å². The Labute approximate surface area is 81.0 Å². The van der Waals surface area contributed by atoms with Crippen LogP contribution in [0, 0.1) is 0 Å². The van der Waals surface area contributed by atoms with E-state index in [-0.39, 0.29) is 5.78 Å². The highest BCUT2D eigenvalue weighted by molar-refractivity contribution is 5.97. The lowest BCUT2D eigenvalue weighted by Crippen LogP contribution is -2.03. The number of aliphatic imine (C=N–C) groups is 1. The Morgan fingerprint density at radius 3 is 3.14 bits per heavy atom. The highest BCUT2D eigenvalue weighted by Crippen LogP contribution is 2.13. The van der Waals surface area contributed by atoms with Gasteiger partial charge in [-0.25, -0.2) is 10.1 Å². The molecule has 0 saturated carbocycles. The zero-order valence-corrected chi connectivity index (χ0v) is 7.60. The van der Waals surface area contributed by atoms with Crippen molar-refractivity contribution in [3.8, 4) is 0 Å². The first kappa shape index (κ1) is 8.80. The van der Waals surface area contributed by atoms with Crippen molar-refractivity contribution in [3.63, 3.8) is 0 Å². The molecule has 0 unspecified atom stereocenters.